The average Bonchev–Trinajstić information content (AvgIpc) is 2.90. The second kappa shape index (κ2) is 6.16. The van der Waals surface area contributed by atoms with Crippen LogP contribution in [0.15, 0.2) is 18.2 Å². The molecule has 0 radical (unpaired) electrons. The van der Waals surface area contributed by atoms with Gasteiger partial charge in [-0.05, 0) is 36.8 Å². The second-order valence-electron chi connectivity index (χ2n) is 5.81. The third-order valence-corrected chi connectivity index (χ3v) is 3.96. The maximum Gasteiger partial charge on any atom is 0.326 e. The number of para-hydroxylation sites is 1. The Bertz CT molecular complexity index is 554. The summed E-state index contributed by atoms with van der Waals surface area (Å²) in [5.74, 6) is -0.648. The number of carbonyl (C=O) groups is 2. The van der Waals surface area contributed by atoms with Crippen LogP contribution in [-0.2, 0) is 4.79 Å². The molecule has 1 fully saturated rings. The van der Waals surface area contributed by atoms with E-state index in [2.05, 4.69) is 19.2 Å². The van der Waals surface area contributed by atoms with Gasteiger partial charge in [-0.1, -0.05) is 32.0 Å². The zero-order valence-electron chi connectivity index (χ0n) is 12.7. The molecule has 1 aromatic rings. The number of likely N-dealkylation sites (tertiary alicyclic amines) is 1. The highest BCUT2D eigenvalue weighted by molar-refractivity contribution is 5.94. The van der Waals surface area contributed by atoms with E-state index < -0.39 is 12.0 Å². The standard InChI is InChI=1S/C16H22N2O3/c1-10(2)12-7-4-6-11(3)14(12)17-16(21)18-9-5-8-13(18)15(19)20/h4,6-7,10,13H,5,8-9H2,1-3H3,(H,17,21)(H,19,20). The molecule has 1 aliphatic rings. The van der Waals surface area contributed by atoms with Crippen LogP contribution in [0.3, 0.4) is 0 Å². The van der Waals surface area contributed by atoms with Crippen LogP contribution in [0.5, 0.6) is 0 Å². The SMILES string of the molecule is Cc1cccc(C(C)C)c1NC(=O)N1CCCC1C(=O)O. The first-order chi connectivity index (χ1) is 9.91. The molecule has 2 rings (SSSR count). The first kappa shape index (κ1) is 15.4. The zero-order chi connectivity index (χ0) is 15.6. The lowest BCUT2D eigenvalue weighted by Crippen LogP contribution is -2.43. The maximum absolute atomic E-state index is 12.4. The van der Waals surface area contributed by atoms with Crippen molar-refractivity contribution in [2.75, 3.05) is 11.9 Å². The monoisotopic (exact) mass is 290 g/mol. The molecule has 5 nitrogen and oxygen atoms in total. The molecule has 2 amide bonds. The molecule has 0 spiro atoms. The number of aryl methyl sites for hydroxylation is 1. The lowest BCUT2D eigenvalue weighted by molar-refractivity contribution is -0.141. The Morgan fingerprint density at radius 2 is 2.10 bits per heavy atom. The number of carbonyl (C=O) groups excluding carboxylic acids is 1. The van der Waals surface area contributed by atoms with Crippen LogP contribution in [0, 0.1) is 6.92 Å². The summed E-state index contributed by atoms with van der Waals surface area (Å²) < 4.78 is 0. The van der Waals surface area contributed by atoms with E-state index in [1.54, 1.807) is 0 Å². The van der Waals surface area contributed by atoms with Gasteiger partial charge in [0.1, 0.15) is 6.04 Å². The Morgan fingerprint density at radius 1 is 1.38 bits per heavy atom. The first-order valence-electron chi connectivity index (χ1n) is 7.31. The second-order valence-corrected chi connectivity index (χ2v) is 5.81. The average molecular weight is 290 g/mol. The van der Waals surface area contributed by atoms with Crippen molar-refractivity contribution in [2.45, 2.75) is 45.6 Å². The van der Waals surface area contributed by atoms with Gasteiger partial charge in [0, 0.05) is 12.2 Å². The number of carboxylic acids is 1. The third kappa shape index (κ3) is 3.17. The van der Waals surface area contributed by atoms with Gasteiger partial charge in [0.15, 0.2) is 0 Å². The Labute approximate surface area is 125 Å². The van der Waals surface area contributed by atoms with Gasteiger partial charge in [-0.15, -0.1) is 0 Å². The van der Waals surface area contributed by atoms with E-state index in [1.165, 1.54) is 4.90 Å². The molecule has 0 saturated carbocycles. The number of amides is 2. The lowest BCUT2D eigenvalue weighted by atomic mass is 9.98. The molecule has 0 aromatic heterocycles. The molecule has 21 heavy (non-hydrogen) atoms. The first-order valence-corrected chi connectivity index (χ1v) is 7.31. The van der Waals surface area contributed by atoms with Gasteiger partial charge in [-0.2, -0.15) is 0 Å². The van der Waals surface area contributed by atoms with Gasteiger partial charge < -0.3 is 15.3 Å². The highest BCUT2D eigenvalue weighted by Crippen LogP contribution is 2.28. The van der Waals surface area contributed by atoms with Crippen LogP contribution in [0.4, 0.5) is 10.5 Å². The van der Waals surface area contributed by atoms with E-state index in [9.17, 15) is 14.7 Å². The highest BCUT2D eigenvalue weighted by atomic mass is 16.4. The van der Waals surface area contributed by atoms with Crippen LogP contribution < -0.4 is 5.32 Å². The van der Waals surface area contributed by atoms with Crippen molar-refractivity contribution >= 4 is 17.7 Å². The van der Waals surface area contributed by atoms with Crippen LogP contribution >= 0.6 is 0 Å². The molecule has 0 bridgehead atoms. The van der Waals surface area contributed by atoms with Crippen molar-refractivity contribution in [3.05, 3.63) is 29.3 Å². The summed E-state index contributed by atoms with van der Waals surface area (Å²) in [5, 5.41) is 12.1. The van der Waals surface area contributed by atoms with E-state index in [0.29, 0.717) is 13.0 Å². The quantitative estimate of drug-likeness (QED) is 0.898. The Balaban J connectivity index is 2.22. The number of carboxylic acid groups (broad SMARTS) is 1. The summed E-state index contributed by atoms with van der Waals surface area (Å²) in [7, 11) is 0. The highest BCUT2D eigenvalue weighted by Gasteiger charge is 2.34. The molecule has 1 aromatic carbocycles. The third-order valence-electron chi connectivity index (χ3n) is 3.96. The van der Waals surface area contributed by atoms with Crippen LogP contribution in [-0.4, -0.2) is 34.6 Å². The molecule has 1 aliphatic heterocycles. The molecule has 0 aliphatic carbocycles. The zero-order valence-corrected chi connectivity index (χ0v) is 12.7. The van der Waals surface area contributed by atoms with E-state index in [-0.39, 0.29) is 11.9 Å². The number of benzene rings is 1. The fourth-order valence-electron chi connectivity index (χ4n) is 2.79. The van der Waals surface area contributed by atoms with Gasteiger partial charge in [-0.25, -0.2) is 9.59 Å². The van der Waals surface area contributed by atoms with Crippen molar-refractivity contribution < 1.29 is 14.7 Å². The predicted octanol–water partition coefficient (Wildman–Crippen LogP) is 3.20. The van der Waals surface area contributed by atoms with Gasteiger partial charge >= 0.3 is 12.0 Å². The predicted molar refractivity (Wildman–Crippen MR) is 81.7 cm³/mol. The number of rotatable bonds is 3. The van der Waals surface area contributed by atoms with Gasteiger partial charge in [0.25, 0.3) is 0 Å². The lowest BCUT2D eigenvalue weighted by Gasteiger charge is -2.24. The molecule has 1 atom stereocenters. The van der Waals surface area contributed by atoms with Crippen LogP contribution in [0.25, 0.3) is 0 Å². The molecule has 1 saturated heterocycles. The van der Waals surface area contributed by atoms with Crippen LogP contribution in [0.1, 0.15) is 43.7 Å². The summed E-state index contributed by atoms with van der Waals surface area (Å²) in [5.41, 5.74) is 2.85. The normalized spacial score (nSPS) is 18.1. The number of aliphatic carboxylic acids is 1. The van der Waals surface area contributed by atoms with Crippen molar-refractivity contribution in [3.8, 4) is 0 Å². The summed E-state index contributed by atoms with van der Waals surface area (Å²) >= 11 is 0. The summed E-state index contributed by atoms with van der Waals surface area (Å²) in [6.45, 7) is 6.58. The van der Waals surface area contributed by atoms with Crippen molar-refractivity contribution in [2.24, 2.45) is 0 Å². The Morgan fingerprint density at radius 3 is 2.71 bits per heavy atom. The van der Waals surface area contributed by atoms with Crippen molar-refractivity contribution in [3.63, 3.8) is 0 Å². The largest absolute Gasteiger partial charge is 0.480 e. The number of nitrogens with zero attached hydrogens (tertiary/aromatic N) is 1. The molecule has 1 heterocycles. The molecule has 2 N–H and O–H groups in total. The van der Waals surface area contributed by atoms with Crippen LogP contribution in [0.2, 0.25) is 0 Å². The van der Waals surface area contributed by atoms with E-state index in [0.717, 1.165) is 23.2 Å². The number of nitrogens with one attached hydrogen (secondary N) is 1. The number of hydrogen-bond acceptors (Lipinski definition) is 2. The summed E-state index contributed by atoms with van der Waals surface area (Å²) in [6.07, 6.45) is 1.25. The molecule has 114 valence electrons. The minimum atomic E-state index is -0.934. The number of hydrogen-bond donors (Lipinski definition) is 2. The number of anilines is 1. The summed E-state index contributed by atoms with van der Waals surface area (Å²) in [4.78, 5) is 25.0. The minimum Gasteiger partial charge on any atom is -0.480 e. The van der Waals surface area contributed by atoms with Gasteiger partial charge in [0.2, 0.25) is 0 Å². The van der Waals surface area contributed by atoms with E-state index >= 15 is 0 Å². The van der Waals surface area contributed by atoms with E-state index in [4.69, 9.17) is 0 Å². The van der Waals surface area contributed by atoms with E-state index in [1.807, 2.05) is 25.1 Å². The van der Waals surface area contributed by atoms with Crippen molar-refractivity contribution in [1.29, 1.82) is 0 Å². The van der Waals surface area contributed by atoms with Gasteiger partial charge in [-0.3, -0.25) is 0 Å². The fraction of sp³-hybridized carbons (Fsp3) is 0.500. The molecule has 5 heteroatoms. The molecular weight excluding hydrogens is 268 g/mol. The Hall–Kier alpha value is -2.04. The summed E-state index contributed by atoms with van der Waals surface area (Å²) in [6, 6.07) is 4.87. The Kier molecular flexibility index (Phi) is 4.50. The minimum absolute atomic E-state index is 0.286. The van der Waals surface area contributed by atoms with Gasteiger partial charge in [0.05, 0.1) is 0 Å². The molecule has 1 unspecified atom stereocenters. The maximum atomic E-state index is 12.4. The fourth-order valence-corrected chi connectivity index (χ4v) is 2.79. The topological polar surface area (TPSA) is 69.6 Å². The smallest absolute Gasteiger partial charge is 0.326 e. The van der Waals surface area contributed by atoms with Crippen molar-refractivity contribution in [1.82, 2.24) is 4.90 Å². The number of urea groups is 1. The molecular formula is C16H22N2O3.